The van der Waals surface area contributed by atoms with Crippen molar-refractivity contribution >= 4 is 0 Å². The van der Waals surface area contributed by atoms with Crippen LogP contribution in [0, 0.1) is 0 Å². The zero-order valence-corrected chi connectivity index (χ0v) is 5.64. The van der Waals surface area contributed by atoms with Gasteiger partial charge in [0.15, 0.2) is 0 Å². The second-order valence-corrected chi connectivity index (χ2v) is 2.20. The Labute approximate surface area is 63.5 Å². The molecule has 0 aliphatic rings. The van der Waals surface area contributed by atoms with Gasteiger partial charge in [-0.15, -0.1) is 0 Å². The molecule has 0 fully saturated rings. The van der Waals surface area contributed by atoms with Crippen LogP contribution in [0.1, 0.15) is 0 Å². The summed E-state index contributed by atoms with van der Waals surface area (Å²) in [7, 11) is 0. The zero-order chi connectivity index (χ0) is 8.88. The molecule has 0 radical (unpaired) electrons. The van der Waals surface area contributed by atoms with E-state index in [-0.39, 0.29) is 0 Å². The first-order chi connectivity index (χ1) is 5.61. The number of rotatable bonds is 0. The number of aromatic nitrogens is 3. The van der Waals surface area contributed by atoms with Gasteiger partial charge in [0.2, 0.25) is 5.88 Å². The molecule has 0 aliphatic carbocycles. The van der Waals surface area contributed by atoms with Gasteiger partial charge in [-0.2, -0.15) is 9.03 Å². The van der Waals surface area contributed by atoms with E-state index in [1.807, 2.05) is 4.98 Å². The highest BCUT2D eigenvalue weighted by Gasteiger charge is 2.11. The van der Waals surface area contributed by atoms with Gasteiger partial charge in [0, 0.05) is 0 Å². The summed E-state index contributed by atoms with van der Waals surface area (Å²) < 4.78 is 1.07. The van der Waals surface area contributed by atoms with E-state index in [9.17, 15) is 14.4 Å². The average molecular weight is 169 g/mol. The predicted molar refractivity (Wildman–Crippen MR) is 36.9 cm³/mol. The molecule has 0 spiro atoms. The van der Waals surface area contributed by atoms with Crippen molar-refractivity contribution in [2.24, 2.45) is 0 Å². The molecule has 0 aliphatic heterocycles. The summed E-state index contributed by atoms with van der Waals surface area (Å²) in [4.78, 5) is 34.3. The lowest BCUT2D eigenvalue weighted by Crippen LogP contribution is -2.22. The van der Waals surface area contributed by atoms with E-state index in [1.54, 1.807) is 0 Å². The minimum Gasteiger partial charge on any atom is -0.493 e. The first-order valence-electron chi connectivity index (χ1n) is 3.01. The minimum absolute atomic E-state index is 0.512. The summed E-state index contributed by atoms with van der Waals surface area (Å²) in [6.07, 6.45) is 0. The van der Waals surface area contributed by atoms with E-state index in [0.717, 1.165) is 6.07 Å². The third-order valence-electron chi connectivity index (χ3n) is 1.48. The zero-order valence-electron chi connectivity index (χ0n) is 5.64. The molecule has 0 saturated heterocycles. The molecule has 2 N–H and O–H groups in total. The summed E-state index contributed by atoms with van der Waals surface area (Å²) >= 11 is 0. The van der Waals surface area contributed by atoms with Crippen LogP contribution in [0.15, 0.2) is 20.4 Å². The van der Waals surface area contributed by atoms with Crippen molar-refractivity contribution in [3.8, 4) is 5.88 Å². The normalized spacial score (nSPS) is 11.0. The fraction of sp³-hybridized carbons (Fsp3) is 0. The van der Waals surface area contributed by atoms with Gasteiger partial charge >= 0.3 is 11.4 Å². The molecule has 12 heavy (non-hydrogen) atoms. The summed E-state index contributed by atoms with van der Waals surface area (Å²) in [5, 5.41) is 8.97. The maximum atomic E-state index is 10.9. The topological polar surface area (TPSA) is 96.0 Å². The number of aromatic hydroxyl groups is 1. The Kier molecular flexibility index (Phi) is 0.972. The summed E-state index contributed by atoms with van der Waals surface area (Å²) in [5.74, 6) is -0.552. The Morgan fingerprint density at radius 2 is 1.75 bits per heavy atom. The van der Waals surface area contributed by atoms with Gasteiger partial charge in [-0.05, 0) is 0 Å². The van der Waals surface area contributed by atoms with Gasteiger partial charge in [0.1, 0.15) is 0 Å². The van der Waals surface area contributed by atoms with Gasteiger partial charge in [-0.25, -0.2) is 9.59 Å². The lowest BCUT2D eigenvalue weighted by Gasteiger charge is -1.81. The first-order valence-corrected chi connectivity index (χ1v) is 3.01. The van der Waals surface area contributed by atoms with Gasteiger partial charge in [0.05, 0.1) is 6.07 Å². The second-order valence-electron chi connectivity index (χ2n) is 2.20. The Hall–Kier alpha value is -2.05. The highest BCUT2D eigenvalue weighted by Crippen LogP contribution is 1.96. The van der Waals surface area contributed by atoms with Crippen molar-refractivity contribution < 1.29 is 5.11 Å². The second kappa shape index (κ2) is 1.76. The molecular weight excluding hydrogens is 166 g/mol. The van der Waals surface area contributed by atoms with Crippen LogP contribution in [0.4, 0.5) is 0 Å². The molecule has 2 heterocycles. The molecule has 62 valence electrons. The summed E-state index contributed by atoms with van der Waals surface area (Å²) in [5.41, 5.74) is -2.43. The molecule has 0 amide bonds. The quantitative estimate of drug-likeness (QED) is 0.459. The number of aromatic amines is 1. The van der Waals surface area contributed by atoms with Crippen molar-refractivity contribution in [3.63, 3.8) is 0 Å². The fourth-order valence-electron chi connectivity index (χ4n) is 1.02. The number of nitrogens with zero attached hydrogens (tertiary/aromatic N) is 2. The molecule has 0 aromatic carbocycles. The van der Waals surface area contributed by atoms with Gasteiger partial charge < -0.3 is 5.11 Å². The molecule has 2 rings (SSSR count). The Morgan fingerprint density at radius 1 is 1.17 bits per heavy atom. The van der Waals surface area contributed by atoms with Crippen molar-refractivity contribution in [2.45, 2.75) is 0 Å². The molecule has 2 aromatic heterocycles. The van der Waals surface area contributed by atoms with E-state index in [4.69, 9.17) is 5.11 Å². The number of nitrogens with one attached hydrogen (secondary N) is 1. The maximum absolute atomic E-state index is 10.9. The Morgan fingerprint density at radius 3 is 2.33 bits per heavy atom. The highest BCUT2D eigenvalue weighted by atomic mass is 16.3. The molecular formula is C5H3N3O4. The Bertz CT molecular complexity index is 586. The number of fused-ring (bicyclic) bond motifs is 1. The number of H-pyrrole nitrogens is 1. The van der Waals surface area contributed by atoms with E-state index in [2.05, 4.69) is 0 Å². The monoisotopic (exact) mass is 169 g/mol. The van der Waals surface area contributed by atoms with Gasteiger partial charge in [-0.3, -0.25) is 9.78 Å². The van der Waals surface area contributed by atoms with Crippen LogP contribution in [0.5, 0.6) is 5.88 Å². The van der Waals surface area contributed by atoms with Crippen molar-refractivity contribution in [2.75, 3.05) is 0 Å². The smallest absolute Gasteiger partial charge is 0.352 e. The van der Waals surface area contributed by atoms with Crippen LogP contribution in [0.3, 0.4) is 0 Å². The summed E-state index contributed by atoms with van der Waals surface area (Å²) in [6.45, 7) is 0. The predicted octanol–water partition coefficient (Wildman–Crippen LogP) is -2.41. The first kappa shape index (κ1) is 6.65. The average Bonchev–Trinajstić information content (AvgIpc) is 2.38. The molecule has 7 nitrogen and oxygen atoms in total. The van der Waals surface area contributed by atoms with Gasteiger partial charge in [-0.1, -0.05) is 0 Å². The lowest BCUT2D eigenvalue weighted by atomic mass is 10.7. The summed E-state index contributed by atoms with van der Waals surface area (Å²) in [6, 6.07) is 0.788. The molecule has 2 aromatic rings. The molecule has 0 saturated carbocycles. The van der Waals surface area contributed by atoms with Gasteiger partial charge in [0.25, 0.3) is 5.56 Å². The van der Waals surface area contributed by atoms with Crippen LogP contribution >= 0.6 is 0 Å². The van der Waals surface area contributed by atoms with Crippen LogP contribution in [-0.4, -0.2) is 19.1 Å². The van der Waals surface area contributed by atoms with E-state index in [0.29, 0.717) is 9.03 Å². The SMILES string of the molecule is O=c1[nH]c(=O)n2c(=O)cc(O)n12. The van der Waals surface area contributed by atoms with E-state index in [1.165, 1.54) is 0 Å². The maximum Gasteiger partial charge on any atom is 0.352 e. The van der Waals surface area contributed by atoms with Crippen molar-refractivity contribution in [1.29, 1.82) is 0 Å². The van der Waals surface area contributed by atoms with Crippen LogP contribution < -0.4 is 16.9 Å². The largest absolute Gasteiger partial charge is 0.493 e. The highest BCUT2D eigenvalue weighted by molar-refractivity contribution is 5.07. The molecule has 7 heteroatoms. The van der Waals surface area contributed by atoms with Crippen LogP contribution in [-0.2, 0) is 0 Å². The van der Waals surface area contributed by atoms with Crippen molar-refractivity contribution in [1.82, 2.24) is 14.0 Å². The standard InChI is InChI=1S/C5H3N3O4/c9-2-1-3(10)8-5(12)6-4(11)7(2)8/h1,9H,(H,6,11,12). The van der Waals surface area contributed by atoms with Crippen molar-refractivity contribution in [3.05, 3.63) is 37.4 Å². The van der Waals surface area contributed by atoms with E-state index >= 15 is 0 Å². The fourth-order valence-corrected chi connectivity index (χ4v) is 1.02. The number of hydrogen-bond acceptors (Lipinski definition) is 4. The number of hydrogen-bond donors (Lipinski definition) is 2. The third-order valence-corrected chi connectivity index (χ3v) is 1.48. The molecule has 0 atom stereocenters. The Balaban J connectivity index is 3.35. The van der Waals surface area contributed by atoms with Crippen LogP contribution in [0.25, 0.3) is 0 Å². The molecule has 0 bridgehead atoms. The third kappa shape index (κ3) is 0.570. The minimum atomic E-state index is -0.856. The lowest BCUT2D eigenvalue weighted by molar-refractivity contribution is 0.432. The van der Waals surface area contributed by atoms with E-state index < -0.39 is 22.8 Å². The van der Waals surface area contributed by atoms with Crippen LogP contribution in [0.2, 0.25) is 0 Å². The molecule has 0 unspecified atom stereocenters.